The van der Waals surface area contributed by atoms with Crippen molar-refractivity contribution in [3.63, 3.8) is 0 Å². The van der Waals surface area contributed by atoms with Crippen LogP contribution >= 0.6 is 0 Å². The van der Waals surface area contributed by atoms with Crippen molar-refractivity contribution in [2.75, 3.05) is 26.4 Å². The number of amides is 1. The van der Waals surface area contributed by atoms with Gasteiger partial charge in [0.1, 0.15) is 11.6 Å². The van der Waals surface area contributed by atoms with Crippen molar-refractivity contribution in [2.24, 2.45) is 5.73 Å². The number of carbonyl (C=O) groups excluding carboxylic acids is 2. The van der Waals surface area contributed by atoms with E-state index < -0.39 is 17.6 Å². The normalized spacial score (nSPS) is 13.1. The molecule has 1 amide bonds. The van der Waals surface area contributed by atoms with E-state index in [1.165, 1.54) is 141 Å². The highest BCUT2D eigenvalue weighted by Gasteiger charge is 2.23. The fourth-order valence-electron chi connectivity index (χ4n) is 5.72. The van der Waals surface area contributed by atoms with Crippen molar-refractivity contribution in [3.05, 3.63) is 0 Å². The Bertz CT molecular complexity index is 697. The summed E-state index contributed by atoms with van der Waals surface area (Å²) in [5.41, 5.74) is 5.36. The third-order valence-corrected chi connectivity index (χ3v) is 8.72. The molecule has 0 aliphatic heterocycles. The van der Waals surface area contributed by atoms with Gasteiger partial charge in [-0.15, -0.1) is 0 Å². The van der Waals surface area contributed by atoms with Crippen molar-refractivity contribution >= 4 is 11.9 Å². The fraction of sp³-hybridized carbons (Fsp3) is 0.950. The minimum Gasteiger partial charge on any atom is -0.459 e. The second-order valence-electron chi connectivity index (χ2n) is 14.8. The molecule has 0 aromatic heterocycles. The Morgan fingerprint density at radius 3 is 1.45 bits per heavy atom. The summed E-state index contributed by atoms with van der Waals surface area (Å²) in [6.07, 6.45) is 31.9. The van der Waals surface area contributed by atoms with Gasteiger partial charge in [0.05, 0.1) is 12.7 Å². The van der Waals surface area contributed by atoms with Crippen LogP contribution < -0.4 is 11.1 Å². The minimum absolute atomic E-state index is 0.135. The molecule has 0 aliphatic rings. The molecule has 0 saturated carbocycles. The minimum atomic E-state index is -0.809. The van der Waals surface area contributed by atoms with Crippen molar-refractivity contribution in [1.29, 1.82) is 0 Å². The van der Waals surface area contributed by atoms with Crippen LogP contribution in [0.3, 0.4) is 0 Å². The van der Waals surface area contributed by atoms with E-state index >= 15 is 0 Å². The molecule has 0 saturated heterocycles. The van der Waals surface area contributed by atoms with E-state index in [4.69, 9.17) is 19.9 Å². The van der Waals surface area contributed by atoms with E-state index in [2.05, 4.69) is 19.2 Å². The van der Waals surface area contributed by atoms with Crippen molar-refractivity contribution < 1.29 is 23.8 Å². The lowest BCUT2D eigenvalue weighted by Gasteiger charge is -2.22. The quantitative estimate of drug-likeness (QED) is 0.0515. The molecule has 3 N–H and O–H groups in total. The molecule has 0 heterocycles. The number of nitrogens with two attached hydrogens (primary N) is 1. The maximum atomic E-state index is 12.5. The smallest absolute Gasteiger partial charge is 0.323 e. The maximum Gasteiger partial charge on any atom is 0.323 e. The molecule has 0 aromatic rings. The van der Waals surface area contributed by atoms with Crippen LogP contribution in [0.4, 0.5) is 0 Å². The van der Waals surface area contributed by atoms with E-state index in [-0.39, 0.29) is 24.9 Å². The second kappa shape index (κ2) is 33.3. The molecule has 0 bridgehead atoms. The van der Waals surface area contributed by atoms with E-state index in [0.717, 1.165) is 19.4 Å². The Balaban J connectivity index is 4.23. The number of rotatable bonds is 35. The van der Waals surface area contributed by atoms with Gasteiger partial charge in [0.25, 0.3) is 0 Å². The highest BCUT2D eigenvalue weighted by molar-refractivity contribution is 5.79. The Morgan fingerprint density at radius 2 is 1.02 bits per heavy atom. The number of carbonyl (C=O) groups is 2. The van der Waals surface area contributed by atoms with Crippen LogP contribution in [-0.4, -0.2) is 56.0 Å². The molecular weight excluding hydrogens is 588 g/mol. The summed E-state index contributed by atoms with van der Waals surface area (Å²) in [5.74, 6) is -0.607. The first-order valence-corrected chi connectivity index (χ1v) is 20.1. The van der Waals surface area contributed by atoms with Crippen LogP contribution in [0, 0.1) is 0 Å². The molecule has 0 spiro atoms. The van der Waals surface area contributed by atoms with Crippen molar-refractivity contribution in [3.8, 4) is 0 Å². The average Bonchev–Trinajstić information content (AvgIpc) is 3.03. The van der Waals surface area contributed by atoms with Crippen LogP contribution in [0.25, 0.3) is 0 Å². The molecule has 0 aliphatic carbocycles. The van der Waals surface area contributed by atoms with Gasteiger partial charge in [-0.05, 0) is 40.0 Å². The predicted molar refractivity (Wildman–Crippen MR) is 199 cm³/mol. The van der Waals surface area contributed by atoms with E-state index in [1.54, 1.807) is 0 Å². The SMILES string of the molecule is CCCCCCCCCCCCCCOCC(CNC(=O)CC[C@H](N)C(=O)OC(C)(C)C)OCCCCCCCCCCCCCC. The number of hydrogen-bond donors (Lipinski definition) is 2. The zero-order valence-electron chi connectivity index (χ0n) is 32.0. The summed E-state index contributed by atoms with van der Waals surface area (Å²) >= 11 is 0. The van der Waals surface area contributed by atoms with Gasteiger partial charge < -0.3 is 25.3 Å². The molecule has 7 heteroatoms. The lowest BCUT2D eigenvalue weighted by Crippen LogP contribution is -2.40. The Kier molecular flexibility index (Phi) is 32.5. The highest BCUT2D eigenvalue weighted by Crippen LogP contribution is 2.14. The van der Waals surface area contributed by atoms with Gasteiger partial charge >= 0.3 is 5.97 Å². The molecule has 0 aromatic carbocycles. The Hall–Kier alpha value is -1.18. The van der Waals surface area contributed by atoms with Crippen LogP contribution in [0.5, 0.6) is 0 Å². The van der Waals surface area contributed by atoms with Gasteiger partial charge in [-0.25, -0.2) is 0 Å². The van der Waals surface area contributed by atoms with Gasteiger partial charge in [-0.2, -0.15) is 0 Å². The summed E-state index contributed by atoms with van der Waals surface area (Å²) in [6, 6.07) is -0.809. The molecule has 0 radical (unpaired) electrons. The Labute approximate surface area is 292 Å². The summed E-state index contributed by atoms with van der Waals surface area (Å²) < 4.78 is 17.5. The number of unbranched alkanes of at least 4 members (excludes halogenated alkanes) is 22. The van der Waals surface area contributed by atoms with E-state index in [0.29, 0.717) is 19.8 Å². The molecule has 280 valence electrons. The molecule has 1 unspecified atom stereocenters. The van der Waals surface area contributed by atoms with Crippen LogP contribution in [0.2, 0.25) is 0 Å². The molecule has 2 atom stereocenters. The van der Waals surface area contributed by atoms with Gasteiger partial charge in [0, 0.05) is 26.2 Å². The summed E-state index contributed by atoms with van der Waals surface area (Å²) in [5, 5.41) is 2.97. The van der Waals surface area contributed by atoms with E-state index in [1.807, 2.05) is 20.8 Å². The monoisotopic (exact) mass is 669 g/mol. The molecule has 47 heavy (non-hydrogen) atoms. The summed E-state index contributed by atoms with van der Waals surface area (Å²) in [4.78, 5) is 24.7. The number of esters is 1. The standard InChI is InChI=1S/C40H80N2O5/c1-6-8-10-12-14-16-18-20-22-24-26-28-32-45-35-36(34-42-38(43)31-30-37(41)39(44)47-40(3,4)5)46-33-29-27-25-23-21-19-17-15-13-11-9-7-2/h36-37H,6-35,41H2,1-5H3,(H,42,43)/t36?,37-/m0/s1. The summed E-state index contributed by atoms with van der Waals surface area (Å²) in [7, 11) is 0. The Morgan fingerprint density at radius 1 is 0.617 bits per heavy atom. The summed E-state index contributed by atoms with van der Waals surface area (Å²) in [6.45, 7) is 12.3. The predicted octanol–water partition coefficient (Wildman–Crippen LogP) is 10.4. The third-order valence-electron chi connectivity index (χ3n) is 8.72. The molecule has 0 fully saturated rings. The van der Waals surface area contributed by atoms with Gasteiger partial charge in [-0.3, -0.25) is 9.59 Å². The average molecular weight is 669 g/mol. The van der Waals surface area contributed by atoms with Crippen molar-refractivity contribution in [2.45, 2.75) is 219 Å². The van der Waals surface area contributed by atoms with Gasteiger partial charge in [-0.1, -0.05) is 155 Å². The zero-order valence-corrected chi connectivity index (χ0v) is 32.0. The number of nitrogens with one attached hydrogen (secondary N) is 1. The fourth-order valence-corrected chi connectivity index (χ4v) is 5.72. The lowest BCUT2D eigenvalue weighted by molar-refractivity contribution is -0.156. The maximum absolute atomic E-state index is 12.5. The first kappa shape index (κ1) is 45.8. The zero-order chi connectivity index (χ0) is 34.9. The van der Waals surface area contributed by atoms with E-state index in [9.17, 15) is 9.59 Å². The van der Waals surface area contributed by atoms with Crippen molar-refractivity contribution in [1.82, 2.24) is 5.32 Å². The number of ether oxygens (including phenoxy) is 3. The molecular formula is C40H80N2O5. The van der Waals surface area contributed by atoms with Crippen LogP contribution in [0.1, 0.15) is 202 Å². The lowest BCUT2D eigenvalue weighted by atomic mass is 10.1. The third kappa shape index (κ3) is 34.5. The largest absolute Gasteiger partial charge is 0.459 e. The second-order valence-corrected chi connectivity index (χ2v) is 14.8. The van der Waals surface area contributed by atoms with Gasteiger partial charge in [0.2, 0.25) is 5.91 Å². The first-order chi connectivity index (χ1) is 22.7. The highest BCUT2D eigenvalue weighted by atomic mass is 16.6. The van der Waals surface area contributed by atoms with Crippen LogP contribution in [0.15, 0.2) is 0 Å². The van der Waals surface area contributed by atoms with Crippen LogP contribution in [-0.2, 0) is 23.8 Å². The molecule has 7 nitrogen and oxygen atoms in total. The van der Waals surface area contributed by atoms with Gasteiger partial charge in [0.15, 0.2) is 0 Å². The first-order valence-electron chi connectivity index (χ1n) is 20.1. The topological polar surface area (TPSA) is 99.9 Å². The number of hydrogen-bond acceptors (Lipinski definition) is 6. The molecule has 0 rings (SSSR count).